The lowest BCUT2D eigenvalue weighted by Gasteiger charge is -2.35. The number of nitrogens with zero attached hydrogens (tertiary/aromatic N) is 3. The van der Waals surface area contributed by atoms with Crippen molar-refractivity contribution in [3.8, 4) is 0 Å². The van der Waals surface area contributed by atoms with Gasteiger partial charge in [0.05, 0.1) is 10.0 Å². The van der Waals surface area contributed by atoms with E-state index in [0.29, 0.717) is 31.9 Å². The van der Waals surface area contributed by atoms with Crippen molar-refractivity contribution >= 4 is 38.6 Å². The first kappa shape index (κ1) is 21.4. The highest BCUT2D eigenvalue weighted by Gasteiger charge is 2.31. The van der Waals surface area contributed by atoms with Crippen LogP contribution in [-0.4, -0.2) is 52.4 Å². The van der Waals surface area contributed by atoms with Crippen molar-refractivity contribution in [1.82, 2.24) is 14.4 Å². The largest absolute Gasteiger partial charge is 0.416 e. The van der Waals surface area contributed by atoms with Crippen LogP contribution in [0.4, 0.5) is 13.2 Å². The molecule has 2 heterocycles. The molecule has 1 aromatic heterocycles. The van der Waals surface area contributed by atoms with E-state index < -0.39 is 11.7 Å². The zero-order valence-corrected chi connectivity index (χ0v) is 18.2. The summed E-state index contributed by atoms with van der Waals surface area (Å²) in [6.07, 6.45) is -4.44. The summed E-state index contributed by atoms with van der Waals surface area (Å²) in [5.74, 6) is -0.473. The van der Waals surface area contributed by atoms with Gasteiger partial charge in [-0.3, -0.25) is 9.59 Å². The Morgan fingerprint density at radius 3 is 1.97 bits per heavy atom. The first-order chi connectivity index (χ1) is 14.7. The van der Waals surface area contributed by atoms with E-state index in [1.807, 2.05) is 35.9 Å². The molecule has 162 valence electrons. The summed E-state index contributed by atoms with van der Waals surface area (Å²) in [5.41, 5.74) is 0.891. The van der Waals surface area contributed by atoms with Crippen molar-refractivity contribution in [2.75, 3.05) is 26.2 Å². The molecule has 1 fully saturated rings. The zero-order valence-electron chi connectivity index (χ0n) is 16.6. The van der Waals surface area contributed by atoms with Crippen molar-refractivity contribution in [3.05, 3.63) is 69.8 Å². The highest BCUT2D eigenvalue weighted by molar-refractivity contribution is 9.10. The fraction of sp³-hybridized carbons (Fsp3) is 0.273. The lowest BCUT2D eigenvalue weighted by Crippen LogP contribution is -2.50. The van der Waals surface area contributed by atoms with E-state index in [-0.39, 0.29) is 17.4 Å². The number of halogens is 4. The number of carbonyl (C=O) groups excluding carboxylic acids is 2. The fourth-order valence-electron chi connectivity index (χ4n) is 3.83. The molecular formula is C22H19BrF3N3O2. The van der Waals surface area contributed by atoms with Crippen LogP contribution in [0, 0.1) is 0 Å². The molecule has 0 unspecified atom stereocenters. The molecule has 1 aliphatic heterocycles. The Morgan fingerprint density at radius 1 is 0.871 bits per heavy atom. The number of hydrogen-bond donors (Lipinski definition) is 0. The monoisotopic (exact) mass is 493 g/mol. The van der Waals surface area contributed by atoms with Crippen LogP contribution >= 0.6 is 15.9 Å². The minimum Gasteiger partial charge on any atom is -0.339 e. The van der Waals surface area contributed by atoms with Crippen LogP contribution < -0.4 is 0 Å². The minimum absolute atomic E-state index is 0.132. The predicted octanol–water partition coefficient (Wildman–Crippen LogP) is 4.56. The van der Waals surface area contributed by atoms with E-state index in [1.54, 1.807) is 9.80 Å². The van der Waals surface area contributed by atoms with Gasteiger partial charge in [0.1, 0.15) is 5.69 Å². The van der Waals surface area contributed by atoms with Gasteiger partial charge in [-0.1, -0.05) is 18.2 Å². The first-order valence-electron chi connectivity index (χ1n) is 9.67. The number of aromatic nitrogens is 1. The van der Waals surface area contributed by atoms with Gasteiger partial charge >= 0.3 is 6.18 Å². The van der Waals surface area contributed by atoms with E-state index in [1.165, 1.54) is 12.1 Å². The second kappa shape index (κ2) is 8.03. The third-order valence-electron chi connectivity index (χ3n) is 5.56. The Hall–Kier alpha value is -2.81. The number of carbonyl (C=O) groups is 2. The number of hydrogen-bond acceptors (Lipinski definition) is 2. The van der Waals surface area contributed by atoms with Gasteiger partial charge in [0.2, 0.25) is 0 Å². The van der Waals surface area contributed by atoms with Crippen LogP contribution in [0.15, 0.2) is 53.0 Å². The Balaban J connectivity index is 1.45. The number of benzene rings is 2. The fourth-order valence-corrected chi connectivity index (χ4v) is 4.60. The van der Waals surface area contributed by atoms with Crippen molar-refractivity contribution in [3.63, 3.8) is 0 Å². The predicted molar refractivity (Wildman–Crippen MR) is 114 cm³/mol. The third-order valence-corrected chi connectivity index (χ3v) is 6.36. The molecule has 5 nitrogen and oxygen atoms in total. The number of amides is 2. The summed E-state index contributed by atoms with van der Waals surface area (Å²) in [7, 11) is 1.84. The van der Waals surface area contributed by atoms with Crippen LogP contribution in [0.2, 0.25) is 0 Å². The lowest BCUT2D eigenvalue weighted by molar-refractivity contribution is -0.137. The van der Waals surface area contributed by atoms with E-state index in [2.05, 4.69) is 15.9 Å². The molecule has 1 aliphatic rings. The molecule has 0 saturated carbocycles. The molecule has 0 bridgehead atoms. The molecule has 0 atom stereocenters. The number of para-hydroxylation sites is 1. The molecule has 2 aromatic carbocycles. The number of rotatable bonds is 2. The second-order valence-corrected chi connectivity index (χ2v) is 8.19. The maximum absolute atomic E-state index is 13.2. The van der Waals surface area contributed by atoms with E-state index >= 15 is 0 Å². The molecule has 2 amide bonds. The van der Waals surface area contributed by atoms with Gasteiger partial charge in [-0.25, -0.2) is 0 Å². The van der Waals surface area contributed by atoms with Crippen LogP contribution in [0.5, 0.6) is 0 Å². The Kier molecular flexibility index (Phi) is 5.55. The standard InChI is InChI=1S/C22H19BrF3N3O2/c1-27-17-5-3-2-4-16(17)18(23)19(27)21(31)29-12-10-28(11-13-29)20(30)14-6-8-15(9-7-14)22(24,25)26/h2-9H,10-13H2,1H3. The molecule has 0 aliphatic carbocycles. The smallest absolute Gasteiger partial charge is 0.339 e. The average molecular weight is 494 g/mol. The molecule has 9 heteroatoms. The van der Waals surface area contributed by atoms with E-state index in [4.69, 9.17) is 0 Å². The third kappa shape index (κ3) is 3.94. The van der Waals surface area contributed by atoms with Crippen molar-refractivity contribution in [2.24, 2.45) is 7.05 Å². The Labute approximate surface area is 185 Å². The van der Waals surface area contributed by atoms with Crippen molar-refractivity contribution < 1.29 is 22.8 Å². The summed E-state index contributed by atoms with van der Waals surface area (Å²) in [6.45, 7) is 1.32. The molecule has 1 saturated heterocycles. The highest BCUT2D eigenvalue weighted by Crippen LogP contribution is 2.31. The first-order valence-corrected chi connectivity index (χ1v) is 10.5. The summed E-state index contributed by atoms with van der Waals surface area (Å²) >= 11 is 3.54. The van der Waals surface area contributed by atoms with Gasteiger partial charge in [0.25, 0.3) is 11.8 Å². The van der Waals surface area contributed by atoms with Gasteiger partial charge in [0, 0.05) is 49.7 Å². The summed E-state index contributed by atoms with van der Waals surface area (Å²) in [6, 6.07) is 11.9. The SMILES string of the molecule is Cn1c(C(=O)N2CCN(C(=O)c3ccc(C(F)(F)F)cc3)CC2)c(Br)c2ccccc21. The van der Waals surface area contributed by atoms with Gasteiger partial charge in [-0.2, -0.15) is 13.2 Å². The van der Waals surface area contributed by atoms with Crippen LogP contribution in [0.3, 0.4) is 0 Å². The molecule has 0 N–H and O–H groups in total. The van der Waals surface area contributed by atoms with Crippen LogP contribution in [0.1, 0.15) is 26.4 Å². The van der Waals surface area contributed by atoms with Crippen molar-refractivity contribution in [2.45, 2.75) is 6.18 Å². The maximum Gasteiger partial charge on any atom is 0.416 e. The van der Waals surface area contributed by atoms with Gasteiger partial charge in [-0.05, 0) is 46.3 Å². The minimum atomic E-state index is -4.44. The topological polar surface area (TPSA) is 45.6 Å². The zero-order chi connectivity index (χ0) is 22.3. The summed E-state index contributed by atoms with van der Waals surface area (Å²) in [5, 5.41) is 0.949. The van der Waals surface area contributed by atoms with Gasteiger partial charge < -0.3 is 14.4 Å². The number of fused-ring (bicyclic) bond motifs is 1. The van der Waals surface area contributed by atoms with E-state index in [0.717, 1.165) is 27.5 Å². The maximum atomic E-state index is 13.2. The Morgan fingerprint density at radius 2 is 1.42 bits per heavy atom. The molecule has 31 heavy (non-hydrogen) atoms. The molecule has 4 rings (SSSR count). The summed E-state index contributed by atoms with van der Waals surface area (Å²) in [4.78, 5) is 29.1. The molecular weight excluding hydrogens is 475 g/mol. The van der Waals surface area contributed by atoms with Gasteiger partial charge in [-0.15, -0.1) is 0 Å². The van der Waals surface area contributed by atoms with Crippen LogP contribution in [0.25, 0.3) is 10.9 Å². The van der Waals surface area contributed by atoms with Crippen molar-refractivity contribution in [1.29, 1.82) is 0 Å². The quantitative estimate of drug-likeness (QED) is 0.525. The average Bonchev–Trinajstić information content (AvgIpc) is 3.03. The van der Waals surface area contributed by atoms with E-state index in [9.17, 15) is 22.8 Å². The second-order valence-electron chi connectivity index (χ2n) is 7.40. The molecule has 0 spiro atoms. The van der Waals surface area contributed by atoms with Gasteiger partial charge in [0.15, 0.2) is 0 Å². The lowest BCUT2D eigenvalue weighted by atomic mass is 10.1. The highest BCUT2D eigenvalue weighted by atomic mass is 79.9. The molecule has 3 aromatic rings. The normalized spacial score (nSPS) is 14.9. The summed E-state index contributed by atoms with van der Waals surface area (Å²) < 4.78 is 40.7. The number of alkyl halides is 3. The number of piperazine rings is 1. The molecule has 0 radical (unpaired) electrons. The Bertz CT molecular complexity index is 1110. The number of aryl methyl sites for hydroxylation is 1. The van der Waals surface area contributed by atoms with Crippen LogP contribution in [-0.2, 0) is 13.2 Å².